The van der Waals surface area contributed by atoms with Crippen molar-refractivity contribution < 1.29 is 19.4 Å². The highest BCUT2D eigenvalue weighted by Crippen LogP contribution is 2.08. The first-order chi connectivity index (χ1) is 7.61. The molecule has 0 bridgehead atoms. The van der Waals surface area contributed by atoms with Crippen molar-refractivity contribution in [2.75, 3.05) is 33.3 Å². The third-order valence-corrected chi connectivity index (χ3v) is 2.56. The lowest BCUT2D eigenvalue weighted by Gasteiger charge is -2.31. The average Bonchev–Trinajstić information content (AvgIpc) is 2.25. The number of rotatable bonds is 5. The van der Waals surface area contributed by atoms with Crippen LogP contribution in [0.25, 0.3) is 0 Å². The molecule has 1 atom stereocenters. The Labute approximate surface area is 94.6 Å². The fourth-order valence-corrected chi connectivity index (χ4v) is 1.69. The lowest BCUT2D eigenvalue weighted by molar-refractivity contribution is -0.142. The van der Waals surface area contributed by atoms with Gasteiger partial charge in [0.15, 0.2) is 0 Å². The van der Waals surface area contributed by atoms with E-state index >= 15 is 0 Å². The van der Waals surface area contributed by atoms with E-state index in [1.165, 1.54) is 0 Å². The molecular formula is C10H18N2O4. The summed E-state index contributed by atoms with van der Waals surface area (Å²) in [4.78, 5) is 23.6. The number of amides is 1. The number of carboxylic acid groups (broad SMARTS) is 1. The molecule has 6 heteroatoms. The topological polar surface area (TPSA) is 78.9 Å². The maximum atomic E-state index is 11.1. The average molecular weight is 230 g/mol. The molecule has 1 aliphatic rings. The fourth-order valence-electron chi connectivity index (χ4n) is 1.69. The van der Waals surface area contributed by atoms with E-state index in [4.69, 9.17) is 9.84 Å². The van der Waals surface area contributed by atoms with Crippen LogP contribution in [0.1, 0.15) is 12.8 Å². The number of carboxylic acids is 1. The molecule has 0 spiro atoms. The molecule has 16 heavy (non-hydrogen) atoms. The Morgan fingerprint density at radius 1 is 1.56 bits per heavy atom. The van der Waals surface area contributed by atoms with Crippen LogP contribution in [0.2, 0.25) is 0 Å². The number of morpholine rings is 1. The van der Waals surface area contributed by atoms with Crippen LogP contribution in [-0.2, 0) is 14.3 Å². The second-order valence-corrected chi connectivity index (χ2v) is 3.81. The number of hydrogen-bond acceptors (Lipinski definition) is 4. The van der Waals surface area contributed by atoms with Gasteiger partial charge in [-0.05, 0) is 0 Å². The van der Waals surface area contributed by atoms with Crippen molar-refractivity contribution in [3.63, 3.8) is 0 Å². The quantitative estimate of drug-likeness (QED) is 0.653. The Hall–Kier alpha value is -1.14. The molecule has 1 aliphatic heterocycles. The Balaban J connectivity index is 2.27. The van der Waals surface area contributed by atoms with Crippen molar-refractivity contribution in [2.45, 2.75) is 18.9 Å². The molecule has 2 N–H and O–H groups in total. The van der Waals surface area contributed by atoms with E-state index < -0.39 is 5.97 Å². The maximum absolute atomic E-state index is 11.1. The van der Waals surface area contributed by atoms with E-state index in [0.29, 0.717) is 26.1 Å². The first kappa shape index (κ1) is 12.9. The van der Waals surface area contributed by atoms with Crippen molar-refractivity contribution in [1.82, 2.24) is 10.2 Å². The van der Waals surface area contributed by atoms with Crippen molar-refractivity contribution in [3.05, 3.63) is 0 Å². The Morgan fingerprint density at radius 3 is 2.94 bits per heavy atom. The molecule has 0 aromatic rings. The van der Waals surface area contributed by atoms with E-state index in [9.17, 15) is 9.59 Å². The molecule has 0 aromatic carbocycles. The minimum Gasteiger partial charge on any atom is -0.481 e. The lowest BCUT2D eigenvalue weighted by Crippen LogP contribution is -2.44. The van der Waals surface area contributed by atoms with Crippen LogP contribution in [0, 0.1) is 0 Å². The largest absolute Gasteiger partial charge is 0.481 e. The molecule has 1 saturated heterocycles. The molecule has 6 nitrogen and oxygen atoms in total. The fraction of sp³-hybridized carbons (Fsp3) is 0.800. The number of carbonyl (C=O) groups excluding carboxylic acids is 1. The summed E-state index contributed by atoms with van der Waals surface area (Å²) in [6.45, 7) is 2.53. The Kier molecular flexibility index (Phi) is 5.21. The van der Waals surface area contributed by atoms with Gasteiger partial charge in [0.25, 0.3) is 0 Å². The first-order valence-electron chi connectivity index (χ1n) is 5.38. The second-order valence-electron chi connectivity index (χ2n) is 3.81. The third kappa shape index (κ3) is 4.59. The van der Waals surface area contributed by atoms with E-state index in [0.717, 1.165) is 6.54 Å². The van der Waals surface area contributed by atoms with Gasteiger partial charge in [-0.1, -0.05) is 0 Å². The second kappa shape index (κ2) is 6.44. The first-order valence-corrected chi connectivity index (χ1v) is 5.38. The van der Waals surface area contributed by atoms with Crippen LogP contribution in [-0.4, -0.2) is 61.3 Å². The summed E-state index contributed by atoms with van der Waals surface area (Å²) in [5.74, 6) is -0.848. The number of ether oxygens (including phenoxy) is 1. The van der Waals surface area contributed by atoms with Crippen LogP contribution < -0.4 is 5.32 Å². The third-order valence-electron chi connectivity index (χ3n) is 2.56. The van der Waals surface area contributed by atoms with Crippen molar-refractivity contribution in [2.24, 2.45) is 0 Å². The maximum Gasteiger partial charge on any atom is 0.306 e. The van der Waals surface area contributed by atoms with Gasteiger partial charge >= 0.3 is 5.97 Å². The van der Waals surface area contributed by atoms with Crippen LogP contribution >= 0.6 is 0 Å². The summed E-state index contributed by atoms with van der Waals surface area (Å²) in [6, 6.07) is 0. The minimum atomic E-state index is -0.849. The molecule has 1 rings (SSSR count). The molecule has 92 valence electrons. The Morgan fingerprint density at radius 2 is 2.31 bits per heavy atom. The van der Waals surface area contributed by atoms with Crippen LogP contribution in [0.5, 0.6) is 0 Å². The zero-order valence-electron chi connectivity index (χ0n) is 9.44. The molecule has 0 aliphatic carbocycles. The zero-order chi connectivity index (χ0) is 12.0. The summed E-state index contributed by atoms with van der Waals surface area (Å²) < 4.78 is 5.33. The summed E-state index contributed by atoms with van der Waals surface area (Å²) in [7, 11) is 1.61. The number of nitrogens with zero attached hydrogens (tertiary/aromatic N) is 1. The molecule has 0 aromatic heterocycles. The summed E-state index contributed by atoms with van der Waals surface area (Å²) in [5.41, 5.74) is 0. The van der Waals surface area contributed by atoms with Gasteiger partial charge in [-0.25, -0.2) is 0 Å². The standard InChI is InChI=1S/C10H18N2O4/c1-11-9(13)2-3-12-4-5-16-8(7-12)6-10(14)15/h8H,2-7H2,1H3,(H,11,13)(H,14,15). The van der Waals surface area contributed by atoms with Crippen LogP contribution in [0.3, 0.4) is 0 Å². The summed E-state index contributed by atoms with van der Waals surface area (Å²) in [6.07, 6.45) is 0.211. The minimum absolute atomic E-state index is 0.00118. The van der Waals surface area contributed by atoms with Crippen molar-refractivity contribution >= 4 is 11.9 Å². The van der Waals surface area contributed by atoms with Gasteiger partial charge in [0, 0.05) is 33.1 Å². The predicted molar refractivity (Wildman–Crippen MR) is 57.1 cm³/mol. The predicted octanol–water partition coefficient (Wildman–Crippen LogP) is -0.702. The lowest BCUT2D eigenvalue weighted by atomic mass is 10.2. The van der Waals surface area contributed by atoms with Gasteiger partial charge in [0.1, 0.15) is 0 Å². The number of carbonyl (C=O) groups is 2. The van der Waals surface area contributed by atoms with Crippen LogP contribution in [0.4, 0.5) is 0 Å². The van der Waals surface area contributed by atoms with Gasteiger partial charge in [-0.15, -0.1) is 0 Å². The molecule has 1 heterocycles. The highest BCUT2D eigenvalue weighted by Gasteiger charge is 2.22. The highest BCUT2D eigenvalue weighted by atomic mass is 16.5. The number of nitrogens with one attached hydrogen (secondary N) is 1. The smallest absolute Gasteiger partial charge is 0.306 e. The molecule has 1 fully saturated rings. The van der Waals surface area contributed by atoms with Gasteiger partial charge in [-0.2, -0.15) is 0 Å². The van der Waals surface area contributed by atoms with E-state index in [2.05, 4.69) is 10.2 Å². The van der Waals surface area contributed by atoms with Gasteiger partial charge in [-0.3, -0.25) is 14.5 Å². The summed E-state index contributed by atoms with van der Waals surface area (Å²) >= 11 is 0. The molecule has 1 amide bonds. The SMILES string of the molecule is CNC(=O)CCN1CCOC(CC(=O)O)C1. The number of hydrogen-bond donors (Lipinski definition) is 2. The molecule has 0 saturated carbocycles. The van der Waals surface area contributed by atoms with E-state index in [1.807, 2.05) is 0 Å². The van der Waals surface area contributed by atoms with Crippen LogP contribution in [0.15, 0.2) is 0 Å². The zero-order valence-corrected chi connectivity index (χ0v) is 9.44. The molecule has 1 unspecified atom stereocenters. The number of aliphatic carboxylic acids is 1. The van der Waals surface area contributed by atoms with Crippen molar-refractivity contribution in [1.29, 1.82) is 0 Å². The van der Waals surface area contributed by atoms with E-state index in [-0.39, 0.29) is 18.4 Å². The highest BCUT2D eigenvalue weighted by molar-refractivity contribution is 5.75. The molecule has 0 radical (unpaired) electrons. The monoisotopic (exact) mass is 230 g/mol. The van der Waals surface area contributed by atoms with Crippen molar-refractivity contribution in [3.8, 4) is 0 Å². The van der Waals surface area contributed by atoms with Gasteiger partial charge < -0.3 is 15.2 Å². The normalized spacial score (nSPS) is 21.7. The van der Waals surface area contributed by atoms with Gasteiger partial charge in [0.2, 0.25) is 5.91 Å². The summed E-state index contributed by atoms with van der Waals surface area (Å²) in [5, 5.41) is 11.2. The molecular weight excluding hydrogens is 212 g/mol. The Bertz CT molecular complexity index is 257. The van der Waals surface area contributed by atoms with E-state index in [1.54, 1.807) is 7.05 Å². The van der Waals surface area contributed by atoms with Gasteiger partial charge in [0.05, 0.1) is 19.1 Å².